The van der Waals surface area contributed by atoms with Crippen LogP contribution in [0.1, 0.15) is 16.7 Å². The SMILES string of the molecule is COc1cccc2c1CN(C)C(c1ccc3ccccc3c1)=C2. The third kappa shape index (κ3) is 2.36. The van der Waals surface area contributed by atoms with Crippen LogP contribution in [0, 0.1) is 0 Å². The number of ether oxygens (including phenoxy) is 1. The molecule has 0 spiro atoms. The van der Waals surface area contributed by atoms with E-state index in [4.69, 9.17) is 4.74 Å². The van der Waals surface area contributed by atoms with Gasteiger partial charge in [0.25, 0.3) is 0 Å². The monoisotopic (exact) mass is 301 g/mol. The Balaban J connectivity index is 1.84. The van der Waals surface area contributed by atoms with Crippen LogP contribution in [-0.4, -0.2) is 19.1 Å². The highest BCUT2D eigenvalue weighted by Crippen LogP contribution is 2.35. The minimum absolute atomic E-state index is 0.859. The second kappa shape index (κ2) is 5.47. The molecule has 0 saturated carbocycles. The molecule has 0 amide bonds. The van der Waals surface area contributed by atoms with Gasteiger partial charge in [-0.2, -0.15) is 0 Å². The third-order valence-corrected chi connectivity index (χ3v) is 4.53. The van der Waals surface area contributed by atoms with Crippen molar-refractivity contribution in [2.45, 2.75) is 6.54 Å². The summed E-state index contributed by atoms with van der Waals surface area (Å²) in [4.78, 5) is 2.29. The first-order chi connectivity index (χ1) is 11.3. The zero-order chi connectivity index (χ0) is 15.8. The number of hydrogen-bond acceptors (Lipinski definition) is 2. The van der Waals surface area contributed by atoms with E-state index in [0.717, 1.165) is 12.3 Å². The smallest absolute Gasteiger partial charge is 0.124 e. The molecule has 2 nitrogen and oxygen atoms in total. The van der Waals surface area contributed by atoms with E-state index in [0.29, 0.717) is 0 Å². The maximum atomic E-state index is 5.50. The molecule has 0 radical (unpaired) electrons. The van der Waals surface area contributed by atoms with Crippen LogP contribution in [0.2, 0.25) is 0 Å². The van der Waals surface area contributed by atoms with Crippen molar-refractivity contribution in [3.8, 4) is 5.75 Å². The molecule has 3 aromatic carbocycles. The summed E-state index contributed by atoms with van der Waals surface area (Å²) in [5, 5.41) is 2.55. The summed E-state index contributed by atoms with van der Waals surface area (Å²) < 4.78 is 5.50. The molecule has 3 aromatic rings. The number of fused-ring (bicyclic) bond motifs is 2. The van der Waals surface area contributed by atoms with Crippen molar-refractivity contribution in [1.29, 1.82) is 0 Å². The minimum atomic E-state index is 0.859. The average molecular weight is 301 g/mol. The van der Waals surface area contributed by atoms with Crippen LogP contribution in [0.25, 0.3) is 22.5 Å². The van der Waals surface area contributed by atoms with Gasteiger partial charge in [-0.1, -0.05) is 48.5 Å². The molecule has 0 aromatic heterocycles. The van der Waals surface area contributed by atoms with E-state index in [9.17, 15) is 0 Å². The van der Waals surface area contributed by atoms with E-state index < -0.39 is 0 Å². The number of hydrogen-bond donors (Lipinski definition) is 0. The van der Waals surface area contributed by atoms with E-state index in [1.807, 2.05) is 6.07 Å². The predicted molar refractivity (Wildman–Crippen MR) is 96.3 cm³/mol. The molecular formula is C21H19NO. The van der Waals surface area contributed by atoms with Gasteiger partial charge in [0.05, 0.1) is 7.11 Å². The topological polar surface area (TPSA) is 12.5 Å². The molecule has 0 N–H and O–H groups in total. The maximum absolute atomic E-state index is 5.50. The van der Waals surface area contributed by atoms with Crippen molar-refractivity contribution in [2.24, 2.45) is 0 Å². The number of methoxy groups -OCH3 is 1. The molecule has 23 heavy (non-hydrogen) atoms. The number of rotatable bonds is 2. The lowest BCUT2D eigenvalue weighted by Gasteiger charge is -2.29. The Morgan fingerprint density at radius 3 is 2.57 bits per heavy atom. The van der Waals surface area contributed by atoms with Crippen molar-refractivity contribution in [2.75, 3.05) is 14.2 Å². The summed E-state index contributed by atoms with van der Waals surface area (Å²) >= 11 is 0. The van der Waals surface area contributed by atoms with E-state index >= 15 is 0 Å². The van der Waals surface area contributed by atoms with Gasteiger partial charge in [0, 0.05) is 24.9 Å². The standard InChI is InChI=1S/C21H19NO/c1-22-14-19-17(8-5-9-21(19)23-2)13-20(22)18-11-10-15-6-3-4-7-16(15)12-18/h3-13H,14H2,1-2H3. The van der Waals surface area contributed by atoms with Gasteiger partial charge in [-0.25, -0.2) is 0 Å². The lowest BCUT2D eigenvalue weighted by atomic mass is 9.96. The molecule has 114 valence electrons. The largest absolute Gasteiger partial charge is 0.496 e. The summed E-state index contributed by atoms with van der Waals surface area (Å²) in [7, 11) is 3.87. The summed E-state index contributed by atoms with van der Waals surface area (Å²) in [5.74, 6) is 0.961. The lowest BCUT2D eigenvalue weighted by Crippen LogP contribution is -2.20. The molecule has 0 bridgehead atoms. The molecule has 1 heterocycles. The maximum Gasteiger partial charge on any atom is 0.124 e. The van der Waals surface area contributed by atoms with Gasteiger partial charge in [-0.3, -0.25) is 0 Å². The van der Waals surface area contributed by atoms with Gasteiger partial charge in [-0.15, -0.1) is 0 Å². The van der Waals surface area contributed by atoms with Crippen LogP contribution >= 0.6 is 0 Å². The minimum Gasteiger partial charge on any atom is -0.496 e. The molecule has 0 saturated heterocycles. The van der Waals surface area contributed by atoms with Crippen LogP contribution in [0.15, 0.2) is 60.7 Å². The molecule has 4 rings (SSSR count). The van der Waals surface area contributed by atoms with Crippen molar-refractivity contribution in [1.82, 2.24) is 4.90 Å². The van der Waals surface area contributed by atoms with Crippen LogP contribution in [-0.2, 0) is 6.54 Å². The van der Waals surface area contributed by atoms with Gasteiger partial charge < -0.3 is 9.64 Å². The fourth-order valence-corrected chi connectivity index (χ4v) is 3.31. The predicted octanol–water partition coefficient (Wildman–Crippen LogP) is 4.79. The van der Waals surface area contributed by atoms with Crippen LogP contribution in [0.3, 0.4) is 0 Å². The third-order valence-electron chi connectivity index (χ3n) is 4.53. The van der Waals surface area contributed by atoms with E-state index in [2.05, 4.69) is 72.6 Å². The Morgan fingerprint density at radius 1 is 0.913 bits per heavy atom. The Morgan fingerprint density at radius 2 is 1.74 bits per heavy atom. The average Bonchev–Trinajstić information content (AvgIpc) is 2.60. The second-order valence-corrected chi connectivity index (χ2v) is 5.98. The van der Waals surface area contributed by atoms with Crippen LogP contribution in [0.4, 0.5) is 0 Å². The molecular weight excluding hydrogens is 282 g/mol. The molecule has 1 aliphatic heterocycles. The van der Waals surface area contributed by atoms with Crippen molar-refractivity contribution < 1.29 is 4.74 Å². The lowest BCUT2D eigenvalue weighted by molar-refractivity contribution is 0.393. The zero-order valence-corrected chi connectivity index (χ0v) is 13.4. The highest BCUT2D eigenvalue weighted by Gasteiger charge is 2.19. The summed E-state index contributed by atoms with van der Waals surface area (Å²) in [6, 6.07) is 21.4. The van der Waals surface area contributed by atoms with Gasteiger partial charge in [0.2, 0.25) is 0 Å². The van der Waals surface area contributed by atoms with E-state index in [1.54, 1.807) is 7.11 Å². The summed E-state index contributed by atoms with van der Waals surface area (Å²) in [6.45, 7) is 0.859. The number of benzene rings is 3. The Labute approximate surface area is 136 Å². The molecule has 0 fully saturated rings. The first-order valence-electron chi connectivity index (χ1n) is 7.84. The highest BCUT2D eigenvalue weighted by atomic mass is 16.5. The quantitative estimate of drug-likeness (QED) is 0.674. The second-order valence-electron chi connectivity index (χ2n) is 5.98. The fourth-order valence-electron chi connectivity index (χ4n) is 3.31. The van der Waals surface area contributed by atoms with Crippen molar-refractivity contribution in [3.63, 3.8) is 0 Å². The normalized spacial score (nSPS) is 13.7. The fraction of sp³-hybridized carbons (Fsp3) is 0.143. The molecule has 0 aliphatic carbocycles. The summed E-state index contributed by atoms with van der Waals surface area (Å²) in [6.07, 6.45) is 2.26. The van der Waals surface area contributed by atoms with Crippen molar-refractivity contribution in [3.05, 3.63) is 77.4 Å². The van der Waals surface area contributed by atoms with Crippen molar-refractivity contribution >= 4 is 22.5 Å². The first kappa shape index (κ1) is 13.9. The van der Waals surface area contributed by atoms with E-state index in [-0.39, 0.29) is 0 Å². The Bertz CT molecular complexity index is 911. The van der Waals surface area contributed by atoms with Crippen LogP contribution in [0.5, 0.6) is 5.75 Å². The first-order valence-corrected chi connectivity index (χ1v) is 7.84. The Hall–Kier alpha value is -2.74. The molecule has 0 unspecified atom stereocenters. The van der Waals surface area contributed by atoms with Crippen LogP contribution < -0.4 is 4.74 Å². The molecule has 1 aliphatic rings. The van der Waals surface area contributed by atoms with E-state index in [1.165, 1.54) is 33.2 Å². The van der Waals surface area contributed by atoms with Gasteiger partial charge in [0.1, 0.15) is 5.75 Å². The molecule has 2 heteroatoms. The van der Waals surface area contributed by atoms with Gasteiger partial charge in [-0.05, 0) is 40.1 Å². The van der Waals surface area contributed by atoms with Gasteiger partial charge in [0.15, 0.2) is 0 Å². The number of nitrogens with zero attached hydrogens (tertiary/aromatic N) is 1. The highest BCUT2D eigenvalue weighted by molar-refractivity contribution is 5.90. The molecule has 0 atom stereocenters. The zero-order valence-electron chi connectivity index (χ0n) is 13.4. The summed E-state index contributed by atoms with van der Waals surface area (Å²) in [5.41, 5.74) is 4.99. The Kier molecular flexibility index (Phi) is 3.30. The van der Waals surface area contributed by atoms with Gasteiger partial charge >= 0.3 is 0 Å².